The largest absolute Gasteiger partial charge is 0.309 e. The summed E-state index contributed by atoms with van der Waals surface area (Å²) in [7, 11) is 0. The Labute approximate surface area is 461 Å². The lowest BCUT2D eigenvalue weighted by Gasteiger charge is -2.36. The summed E-state index contributed by atoms with van der Waals surface area (Å²) in [5.74, 6) is -1.52. The SMILES string of the molecule is Cc1cncc(C)c1N(c1ccc(F)cc1)c1cc(N(c2ccc(F)cc2)c2c(C)cncc2C)c2ccc3c(N(c4ccc(F)cc4)c4c(C)cncc4C)cc(N(c4ccc(F)cc4)c4c(C)cncc4C)c4ccc1c2c43. The summed E-state index contributed by atoms with van der Waals surface area (Å²) in [5.41, 5.74) is 16.4. The van der Waals surface area contributed by atoms with E-state index in [0.29, 0.717) is 22.7 Å². The maximum absolute atomic E-state index is 15.2. The summed E-state index contributed by atoms with van der Waals surface area (Å²) in [5, 5.41) is 5.21. The number of benzene rings is 8. The van der Waals surface area contributed by atoms with Crippen LogP contribution in [0, 0.1) is 78.7 Å². The Morgan fingerprint density at radius 2 is 0.425 bits per heavy atom. The first-order valence-corrected chi connectivity index (χ1v) is 26.3. The van der Waals surface area contributed by atoms with Gasteiger partial charge >= 0.3 is 0 Å². The minimum atomic E-state index is -0.380. The van der Waals surface area contributed by atoms with Crippen molar-refractivity contribution in [1.29, 1.82) is 0 Å². The number of hydrogen-bond acceptors (Lipinski definition) is 8. The van der Waals surface area contributed by atoms with Gasteiger partial charge < -0.3 is 19.6 Å². The average Bonchev–Trinajstić information content (AvgIpc) is 3.51. The van der Waals surface area contributed by atoms with Crippen molar-refractivity contribution >= 4 is 101 Å². The Balaban J connectivity index is 1.34. The highest BCUT2D eigenvalue weighted by atomic mass is 19.1. The van der Waals surface area contributed by atoms with Crippen LogP contribution in [0.2, 0.25) is 0 Å². The van der Waals surface area contributed by atoms with Crippen molar-refractivity contribution in [3.63, 3.8) is 0 Å². The van der Waals surface area contributed by atoms with E-state index in [1.807, 2.05) is 105 Å². The fraction of sp³-hybridized carbons (Fsp3) is 0.118. The van der Waals surface area contributed by atoms with E-state index in [1.54, 1.807) is 48.5 Å². The van der Waals surface area contributed by atoms with E-state index in [9.17, 15) is 0 Å². The van der Waals surface area contributed by atoms with Crippen LogP contribution in [0.4, 0.5) is 85.8 Å². The van der Waals surface area contributed by atoms with Crippen molar-refractivity contribution in [2.24, 2.45) is 0 Å². The summed E-state index contributed by atoms with van der Waals surface area (Å²) in [4.78, 5) is 27.1. The first-order chi connectivity index (χ1) is 38.7. The maximum Gasteiger partial charge on any atom is 0.123 e. The van der Waals surface area contributed by atoms with Gasteiger partial charge in [0.1, 0.15) is 23.3 Å². The molecular weight excluding hydrogens is 1000 g/mol. The Kier molecular flexibility index (Phi) is 13.0. The molecule has 12 heteroatoms. The average molecular weight is 1060 g/mol. The van der Waals surface area contributed by atoms with Crippen molar-refractivity contribution < 1.29 is 17.6 Å². The predicted molar refractivity (Wildman–Crippen MR) is 318 cm³/mol. The van der Waals surface area contributed by atoms with Crippen LogP contribution in [0.3, 0.4) is 0 Å². The molecule has 0 N–H and O–H groups in total. The summed E-state index contributed by atoms with van der Waals surface area (Å²) in [6, 6.07) is 39.1. The molecule has 0 aliphatic heterocycles. The van der Waals surface area contributed by atoms with Crippen molar-refractivity contribution in [1.82, 2.24) is 19.9 Å². The van der Waals surface area contributed by atoms with E-state index >= 15 is 17.6 Å². The van der Waals surface area contributed by atoms with Crippen LogP contribution in [0.15, 0.2) is 183 Å². The lowest BCUT2D eigenvalue weighted by Crippen LogP contribution is -2.18. The number of nitrogens with zero attached hydrogens (tertiary/aromatic N) is 8. The fourth-order valence-electron chi connectivity index (χ4n) is 11.8. The molecule has 8 nitrogen and oxygen atoms in total. The van der Waals surface area contributed by atoms with Gasteiger partial charge in [0.15, 0.2) is 0 Å². The molecule has 0 radical (unpaired) electrons. The molecule has 0 atom stereocenters. The van der Waals surface area contributed by atoms with Gasteiger partial charge in [-0.15, -0.1) is 0 Å². The van der Waals surface area contributed by atoms with E-state index in [1.165, 1.54) is 48.5 Å². The van der Waals surface area contributed by atoms with Crippen LogP contribution in [0.5, 0.6) is 0 Å². The lowest BCUT2D eigenvalue weighted by molar-refractivity contribution is 0.627. The molecule has 8 aromatic carbocycles. The quantitative estimate of drug-likeness (QED) is 0.0886. The van der Waals surface area contributed by atoms with Gasteiger partial charge in [0, 0.05) is 105 Å². The van der Waals surface area contributed by atoms with Crippen LogP contribution in [-0.2, 0) is 0 Å². The van der Waals surface area contributed by atoms with Crippen LogP contribution in [-0.4, -0.2) is 19.9 Å². The molecule has 12 rings (SSSR count). The van der Waals surface area contributed by atoms with Gasteiger partial charge in [-0.05, 0) is 209 Å². The van der Waals surface area contributed by atoms with Crippen molar-refractivity contribution in [3.05, 3.63) is 251 Å². The number of aromatic nitrogens is 4. The van der Waals surface area contributed by atoms with Gasteiger partial charge in [0.05, 0.1) is 45.5 Å². The zero-order chi connectivity index (χ0) is 55.7. The molecule has 394 valence electrons. The van der Waals surface area contributed by atoms with E-state index in [-0.39, 0.29) is 23.3 Å². The normalized spacial score (nSPS) is 11.5. The van der Waals surface area contributed by atoms with E-state index < -0.39 is 0 Å². The van der Waals surface area contributed by atoms with E-state index in [0.717, 1.165) is 122 Å². The van der Waals surface area contributed by atoms with Gasteiger partial charge in [-0.25, -0.2) is 17.6 Å². The number of hydrogen-bond donors (Lipinski definition) is 0. The van der Waals surface area contributed by atoms with Crippen LogP contribution in [0.25, 0.3) is 32.3 Å². The van der Waals surface area contributed by atoms with Crippen LogP contribution >= 0.6 is 0 Å². The molecule has 0 saturated carbocycles. The van der Waals surface area contributed by atoms with E-state index in [2.05, 4.69) is 75.9 Å². The second-order valence-corrected chi connectivity index (χ2v) is 20.6. The maximum atomic E-state index is 15.2. The van der Waals surface area contributed by atoms with Crippen molar-refractivity contribution in [3.8, 4) is 0 Å². The number of rotatable bonds is 12. The summed E-state index contributed by atoms with van der Waals surface area (Å²) >= 11 is 0. The number of aryl methyl sites for hydroxylation is 8. The molecule has 12 aromatic rings. The van der Waals surface area contributed by atoms with Gasteiger partial charge in [-0.3, -0.25) is 19.9 Å². The lowest BCUT2D eigenvalue weighted by atomic mass is 9.88. The van der Waals surface area contributed by atoms with Gasteiger partial charge in [-0.2, -0.15) is 0 Å². The minimum absolute atomic E-state index is 0.380. The zero-order valence-electron chi connectivity index (χ0n) is 45.4. The third-order valence-electron chi connectivity index (χ3n) is 15.1. The van der Waals surface area contributed by atoms with Gasteiger partial charge in [-0.1, -0.05) is 24.3 Å². The van der Waals surface area contributed by atoms with E-state index in [4.69, 9.17) is 0 Å². The summed E-state index contributed by atoms with van der Waals surface area (Å²) in [6.07, 6.45) is 14.7. The van der Waals surface area contributed by atoms with Crippen LogP contribution < -0.4 is 19.6 Å². The molecule has 0 fully saturated rings. The standard InChI is InChI=1S/C68H54F4N8/c1-39-31-73-32-40(2)65(39)77(51-17-9-47(69)10-18-51)59-29-60(78(52-19-11-48(70)12-20-52)66-41(3)33-74-34-42(66)4)56-27-28-58-62(80(54-23-15-50(72)16-24-54)68-45(7)37-76-38-46(68)8)30-61(57-26-25-55(59)63(56)64(57)58)79(53-21-13-49(71)14-22-53)67-43(5)35-75-36-44(67)6/h9-38H,1-8H3. The summed E-state index contributed by atoms with van der Waals surface area (Å²) in [6.45, 7) is 16.2. The first kappa shape index (κ1) is 51.1. The molecule has 0 aliphatic rings. The molecule has 0 aliphatic carbocycles. The fourth-order valence-corrected chi connectivity index (χ4v) is 11.8. The highest BCUT2D eigenvalue weighted by Crippen LogP contribution is 2.56. The topological polar surface area (TPSA) is 64.5 Å². The van der Waals surface area contributed by atoms with Crippen LogP contribution in [0.1, 0.15) is 44.5 Å². The molecule has 80 heavy (non-hydrogen) atoms. The Hall–Kier alpha value is -9.68. The third-order valence-corrected chi connectivity index (χ3v) is 15.1. The molecule has 0 amide bonds. The molecule has 0 unspecified atom stereocenters. The van der Waals surface area contributed by atoms with Gasteiger partial charge in [0.25, 0.3) is 0 Å². The predicted octanol–water partition coefficient (Wildman–Crippen LogP) is 19.1. The molecule has 4 heterocycles. The van der Waals surface area contributed by atoms with Crippen molar-refractivity contribution in [2.45, 2.75) is 55.4 Å². The highest BCUT2D eigenvalue weighted by molar-refractivity contribution is 6.33. The minimum Gasteiger partial charge on any atom is -0.309 e. The zero-order valence-corrected chi connectivity index (χ0v) is 45.4. The molecule has 4 aromatic heterocycles. The van der Waals surface area contributed by atoms with Crippen molar-refractivity contribution in [2.75, 3.05) is 19.6 Å². The second-order valence-electron chi connectivity index (χ2n) is 20.6. The van der Waals surface area contributed by atoms with Gasteiger partial charge in [0.2, 0.25) is 0 Å². The Bertz CT molecular complexity index is 3710. The Morgan fingerprint density at radius 1 is 0.250 bits per heavy atom. The molecule has 0 saturated heterocycles. The first-order valence-electron chi connectivity index (χ1n) is 26.3. The molecule has 0 spiro atoms. The summed E-state index contributed by atoms with van der Waals surface area (Å²) < 4.78 is 60.8. The number of anilines is 12. The second kappa shape index (κ2) is 20.3. The molecular formula is C68H54F4N8. The highest BCUT2D eigenvalue weighted by Gasteiger charge is 2.32. The molecule has 0 bridgehead atoms. The number of pyridine rings is 4. The Morgan fingerprint density at radius 3 is 0.600 bits per heavy atom. The third kappa shape index (κ3) is 8.73. The smallest absolute Gasteiger partial charge is 0.123 e. The number of halogens is 4. The monoisotopic (exact) mass is 1060 g/mol.